The highest BCUT2D eigenvalue weighted by Crippen LogP contribution is 2.51. The normalized spacial score (nSPS) is 39.5. The van der Waals surface area contributed by atoms with Crippen LogP contribution in [-0.2, 0) is 33.3 Å². The highest BCUT2D eigenvalue weighted by molar-refractivity contribution is 8.13. The number of rotatable bonds is 8. The first-order valence-electron chi connectivity index (χ1n) is 9.10. The predicted octanol–water partition coefficient (Wildman–Crippen LogP) is 2.65. The lowest BCUT2D eigenvalue weighted by Crippen LogP contribution is -2.73. The van der Waals surface area contributed by atoms with Crippen molar-refractivity contribution in [2.75, 3.05) is 20.0 Å². The number of esters is 1. The van der Waals surface area contributed by atoms with Gasteiger partial charge in [0.05, 0.1) is 0 Å². The van der Waals surface area contributed by atoms with E-state index in [1.54, 1.807) is 13.8 Å². The van der Waals surface area contributed by atoms with Crippen LogP contribution in [0.2, 0.25) is 0 Å². The third-order valence-electron chi connectivity index (χ3n) is 5.31. The SMILES string of the molecule is CCCCC[C@H]1OC(=O)[C@@H]2O[C@@](C)(OC)[C@](C)(OC)O[C@]12C(=O)SCC. The van der Waals surface area contributed by atoms with Gasteiger partial charge in [0.1, 0.15) is 6.10 Å². The molecule has 0 unspecified atom stereocenters. The van der Waals surface area contributed by atoms with Gasteiger partial charge < -0.3 is 23.7 Å². The van der Waals surface area contributed by atoms with Crippen LogP contribution in [0.5, 0.6) is 0 Å². The van der Waals surface area contributed by atoms with Crippen molar-refractivity contribution >= 4 is 22.8 Å². The topological polar surface area (TPSA) is 80.3 Å². The summed E-state index contributed by atoms with van der Waals surface area (Å²) in [7, 11) is 2.89. The number of hydrogen-bond donors (Lipinski definition) is 0. The maximum absolute atomic E-state index is 13.1. The molecule has 7 nitrogen and oxygen atoms in total. The van der Waals surface area contributed by atoms with E-state index in [4.69, 9.17) is 23.7 Å². The number of carbonyl (C=O) groups is 2. The molecule has 0 spiro atoms. The minimum atomic E-state index is -1.55. The van der Waals surface area contributed by atoms with Gasteiger partial charge in [0, 0.05) is 14.2 Å². The molecule has 2 rings (SSSR count). The molecule has 0 aromatic heterocycles. The van der Waals surface area contributed by atoms with Gasteiger partial charge >= 0.3 is 5.97 Å². The second kappa shape index (κ2) is 8.14. The first-order chi connectivity index (χ1) is 12.2. The predicted molar refractivity (Wildman–Crippen MR) is 96.7 cm³/mol. The van der Waals surface area contributed by atoms with Crippen molar-refractivity contribution in [3.05, 3.63) is 0 Å². The summed E-state index contributed by atoms with van der Waals surface area (Å²) in [4.78, 5) is 25.7. The fourth-order valence-electron chi connectivity index (χ4n) is 3.47. The molecule has 0 amide bonds. The molecule has 2 heterocycles. The molecular weight excluding hydrogens is 360 g/mol. The Morgan fingerprint density at radius 3 is 2.35 bits per heavy atom. The molecular formula is C18H30O7S. The number of methoxy groups -OCH3 is 2. The summed E-state index contributed by atoms with van der Waals surface area (Å²) >= 11 is 1.10. The number of carbonyl (C=O) groups excluding carboxylic acids is 2. The summed E-state index contributed by atoms with van der Waals surface area (Å²) in [5, 5.41) is -0.279. The summed E-state index contributed by atoms with van der Waals surface area (Å²) < 4.78 is 28.9. The number of unbranched alkanes of at least 4 members (excludes halogenated alkanes) is 2. The Kier molecular flexibility index (Phi) is 6.77. The number of thioether (sulfide) groups is 1. The van der Waals surface area contributed by atoms with E-state index in [9.17, 15) is 9.59 Å². The van der Waals surface area contributed by atoms with E-state index < -0.39 is 35.4 Å². The first kappa shape index (κ1) is 21.6. The lowest BCUT2D eigenvalue weighted by atomic mass is 9.87. The Balaban J connectivity index is 2.48. The van der Waals surface area contributed by atoms with Crippen molar-refractivity contribution in [3.8, 4) is 0 Å². The standard InChI is InChI=1S/C18H30O7S/c1-7-9-10-11-12-18(15(20)26-8-2)13(14(19)23-12)24-16(3,21-5)17(4,22-6)25-18/h12-13H,7-11H2,1-6H3/t12-,13+,16-,17-,18-/m1/s1. The molecule has 2 aliphatic heterocycles. The van der Waals surface area contributed by atoms with E-state index in [2.05, 4.69) is 6.92 Å². The van der Waals surface area contributed by atoms with Crippen molar-refractivity contribution in [1.82, 2.24) is 0 Å². The number of ether oxygens (including phenoxy) is 5. The fraction of sp³-hybridized carbons (Fsp3) is 0.889. The van der Waals surface area contributed by atoms with Gasteiger partial charge in [-0.3, -0.25) is 4.79 Å². The van der Waals surface area contributed by atoms with Crippen molar-refractivity contribution in [2.24, 2.45) is 0 Å². The third kappa shape index (κ3) is 3.30. The molecule has 0 bridgehead atoms. The molecule has 0 N–H and O–H groups in total. The monoisotopic (exact) mass is 390 g/mol. The van der Waals surface area contributed by atoms with Crippen molar-refractivity contribution in [3.63, 3.8) is 0 Å². The highest BCUT2D eigenvalue weighted by atomic mass is 32.2. The van der Waals surface area contributed by atoms with Gasteiger partial charge in [-0.25, -0.2) is 4.79 Å². The number of cyclic esters (lactones) is 1. The summed E-state index contributed by atoms with van der Waals surface area (Å²) in [6, 6.07) is 0. The molecule has 0 aromatic carbocycles. The minimum Gasteiger partial charge on any atom is -0.457 e. The molecule has 2 saturated heterocycles. The van der Waals surface area contributed by atoms with E-state index in [1.165, 1.54) is 14.2 Å². The molecule has 0 saturated carbocycles. The third-order valence-corrected chi connectivity index (χ3v) is 6.18. The van der Waals surface area contributed by atoms with Gasteiger partial charge in [0.15, 0.2) is 6.10 Å². The zero-order valence-electron chi connectivity index (χ0n) is 16.5. The summed E-state index contributed by atoms with van der Waals surface area (Å²) in [5.74, 6) is -2.81. The van der Waals surface area contributed by atoms with Crippen LogP contribution in [0.15, 0.2) is 0 Å². The molecule has 0 aliphatic carbocycles. The van der Waals surface area contributed by atoms with Crippen LogP contribution in [0.4, 0.5) is 0 Å². The lowest BCUT2D eigenvalue weighted by molar-refractivity contribution is -0.453. The molecule has 2 fully saturated rings. The van der Waals surface area contributed by atoms with Crippen LogP contribution in [0, 0.1) is 0 Å². The van der Waals surface area contributed by atoms with Gasteiger partial charge in [-0.2, -0.15) is 0 Å². The first-order valence-corrected chi connectivity index (χ1v) is 10.1. The smallest absolute Gasteiger partial charge is 0.339 e. The Hall–Kier alpha value is -0.670. The van der Waals surface area contributed by atoms with Gasteiger partial charge in [0.2, 0.25) is 22.3 Å². The highest BCUT2D eigenvalue weighted by Gasteiger charge is 2.73. The van der Waals surface area contributed by atoms with Crippen molar-refractivity contribution < 1.29 is 33.3 Å². The summed E-state index contributed by atoms with van der Waals surface area (Å²) in [6.07, 6.45) is 1.44. The Bertz CT molecular complexity index is 542. The van der Waals surface area contributed by atoms with Crippen LogP contribution in [0.3, 0.4) is 0 Å². The van der Waals surface area contributed by atoms with E-state index in [0.717, 1.165) is 31.0 Å². The summed E-state index contributed by atoms with van der Waals surface area (Å²) in [6.45, 7) is 7.22. The molecule has 0 aromatic rings. The minimum absolute atomic E-state index is 0.279. The zero-order chi connectivity index (χ0) is 19.6. The van der Waals surface area contributed by atoms with E-state index in [0.29, 0.717) is 12.2 Å². The van der Waals surface area contributed by atoms with Crippen LogP contribution in [0.1, 0.15) is 53.4 Å². The van der Waals surface area contributed by atoms with E-state index in [1.807, 2.05) is 6.92 Å². The fourth-order valence-corrected chi connectivity index (χ4v) is 4.24. The Labute approximate surface area is 159 Å². The van der Waals surface area contributed by atoms with Crippen LogP contribution in [-0.4, -0.2) is 60.4 Å². The van der Waals surface area contributed by atoms with Gasteiger partial charge in [0.25, 0.3) is 0 Å². The lowest BCUT2D eigenvalue weighted by Gasteiger charge is -2.53. The van der Waals surface area contributed by atoms with Gasteiger partial charge in [-0.15, -0.1) is 0 Å². The second-order valence-corrected chi connectivity index (χ2v) is 8.07. The number of hydrogen-bond acceptors (Lipinski definition) is 8. The largest absolute Gasteiger partial charge is 0.457 e. The van der Waals surface area contributed by atoms with Gasteiger partial charge in [-0.05, 0) is 32.4 Å². The van der Waals surface area contributed by atoms with Crippen molar-refractivity contribution in [2.45, 2.75) is 82.8 Å². The quantitative estimate of drug-likeness (QED) is 0.462. The molecule has 0 radical (unpaired) electrons. The molecule has 150 valence electrons. The maximum Gasteiger partial charge on any atom is 0.339 e. The second-order valence-electron chi connectivity index (χ2n) is 6.83. The van der Waals surface area contributed by atoms with E-state index >= 15 is 0 Å². The molecule has 8 heteroatoms. The maximum atomic E-state index is 13.1. The molecule has 26 heavy (non-hydrogen) atoms. The van der Waals surface area contributed by atoms with Crippen LogP contribution >= 0.6 is 11.8 Å². The van der Waals surface area contributed by atoms with Gasteiger partial charge in [-0.1, -0.05) is 38.5 Å². The van der Waals surface area contributed by atoms with Crippen LogP contribution in [0.25, 0.3) is 0 Å². The zero-order valence-corrected chi connectivity index (χ0v) is 17.3. The average molecular weight is 390 g/mol. The van der Waals surface area contributed by atoms with Crippen molar-refractivity contribution in [1.29, 1.82) is 0 Å². The summed E-state index contributed by atoms with van der Waals surface area (Å²) in [5.41, 5.74) is -1.55. The molecule has 2 aliphatic rings. The Morgan fingerprint density at radius 2 is 1.81 bits per heavy atom. The van der Waals surface area contributed by atoms with E-state index in [-0.39, 0.29) is 5.12 Å². The average Bonchev–Trinajstić information content (AvgIpc) is 2.88. The Morgan fingerprint density at radius 1 is 1.15 bits per heavy atom. The molecule has 5 atom stereocenters. The van der Waals surface area contributed by atoms with Crippen LogP contribution < -0.4 is 0 Å². The number of fused-ring (bicyclic) bond motifs is 1.